The number of benzene rings is 1. The smallest absolute Gasteiger partial charge is 0.433 e. The van der Waals surface area contributed by atoms with Crippen LogP contribution in [-0.4, -0.2) is 31.5 Å². The monoisotopic (exact) mass is 396 g/mol. The second-order valence-electron chi connectivity index (χ2n) is 5.69. The maximum atomic E-state index is 13.5. The number of hydrogen-bond acceptors (Lipinski definition) is 7. The fourth-order valence-corrected chi connectivity index (χ4v) is 3.05. The minimum absolute atomic E-state index is 0.172. The van der Waals surface area contributed by atoms with Crippen molar-refractivity contribution in [3.63, 3.8) is 0 Å². The number of rotatable bonds is 4. The number of nitrogens with zero attached hydrogens (tertiary/aromatic N) is 2. The number of allylic oxidation sites excluding steroid dienone is 1. The summed E-state index contributed by atoms with van der Waals surface area (Å²) in [5, 5.41) is 15.0. The third kappa shape index (κ3) is 2.92. The summed E-state index contributed by atoms with van der Waals surface area (Å²) < 4.78 is 61.5. The highest BCUT2D eigenvalue weighted by molar-refractivity contribution is 5.62. The topological polar surface area (TPSA) is 115 Å². The van der Waals surface area contributed by atoms with Gasteiger partial charge in [0, 0.05) is 11.6 Å². The summed E-state index contributed by atoms with van der Waals surface area (Å²) in [7, 11) is 4.11. The third-order valence-corrected chi connectivity index (χ3v) is 4.27. The van der Waals surface area contributed by atoms with Crippen LogP contribution >= 0.6 is 0 Å². The molecule has 0 amide bonds. The highest BCUT2D eigenvalue weighted by Gasteiger charge is 2.45. The zero-order chi connectivity index (χ0) is 20.6. The maximum absolute atomic E-state index is 13.5. The van der Waals surface area contributed by atoms with Gasteiger partial charge in [-0.3, -0.25) is 5.10 Å². The van der Waals surface area contributed by atoms with Gasteiger partial charge in [0.2, 0.25) is 11.8 Å². The molecule has 0 spiro atoms. The minimum Gasteiger partial charge on any atom is -0.496 e. The standard InChI is InChI=1S/C17H15F3N4O4/c1-25-9-5-11(27-3)10(26-2)4-7(9)12-8(6-21)15(22)28-16-13(12)14(23-24-16)17(18,19)20/h4-5,12H,22H2,1-3H3,(H,23,24). The van der Waals surface area contributed by atoms with E-state index in [2.05, 4.69) is 5.10 Å². The van der Waals surface area contributed by atoms with Crippen molar-refractivity contribution in [2.75, 3.05) is 21.3 Å². The Hall–Kier alpha value is -3.55. The van der Waals surface area contributed by atoms with Crippen molar-refractivity contribution in [2.45, 2.75) is 12.1 Å². The van der Waals surface area contributed by atoms with Gasteiger partial charge in [-0.05, 0) is 6.07 Å². The Morgan fingerprint density at radius 3 is 2.29 bits per heavy atom. The second kappa shape index (κ2) is 6.88. The van der Waals surface area contributed by atoms with Crippen LogP contribution < -0.4 is 24.7 Å². The number of ether oxygens (including phenoxy) is 4. The second-order valence-corrected chi connectivity index (χ2v) is 5.69. The summed E-state index contributed by atoms with van der Waals surface area (Å²) in [5.74, 6) is -1.26. The zero-order valence-corrected chi connectivity index (χ0v) is 15.0. The molecule has 148 valence electrons. The van der Waals surface area contributed by atoms with Gasteiger partial charge in [0.25, 0.3) is 0 Å². The Kier molecular flexibility index (Phi) is 4.72. The Morgan fingerprint density at radius 1 is 1.14 bits per heavy atom. The van der Waals surface area contributed by atoms with Gasteiger partial charge in [-0.2, -0.15) is 18.4 Å². The number of aromatic amines is 1. The first-order valence-electron chi connectivity index (χ1n) is 7.79. The molecule has 1 aliphatic heterocycles. The highest BCUT2D eigenvalue weighted by Crippen LogP contribution is 2.50. The Morgan fingerprint density at radius 2 is 1.75 bits per heavy atom. The van der Waals surface area contributed by atoms with Crippen LogP contribution in [0.3, 0.4) is 0 Å². The normalized spacial score (nSPS) is 16.1. The van der Waals surface area contributed by atoms with Gasteiger partial charge in [-0.15, -0.1) is 5.10 Å². The highest BCUT2D eigenvalue weighted by atomic mass is 19.4. The van der Waals surface area contributed by atoms with Gasteiger partial charge in [-0.1, -0.05) is 0 Å². The molecular weight excluding hydrogens is 381 g/mol. The minimum atomic E-state index is -4.77. The molecule has 1 aromatic carbocycles. The fourth-order valence-electron chi connectivity index (χ4n) is 3.05. The van der Waals surface area contributed by atoms with E-state index in [9.17, 15) is 18.4 Å². The van der Waals surface area contributed by atoms with E-state index in [0.717, 1.165) is 0 Å². The summed E-state index contributed by atoms with van der Waals surface area (Å²) in [6, 6.07) is 4.69. The molecule has 0 radical (unpaired) electrons. The first-order valence-corrected chi connectivity index (χ1v) is 7.79. The van der Waals surface area contributed by atoms with E-state index in [-0.39, 0.29) is 40.0 Å². The maximum Gasteiger partial charge on any atom is 0.433 e. The van der Waals surface area contributed by atoms with Gasteiger partial charge >= 0.3 is 6.18 Å². The van der Waals surface area contributed by atoms with E-state index in [1.807, 2.05) is 11.2 Å². The van der Waals surface area contributed by atoms with E-state index in [1.165, 1.54) is 33.5 Å². The fraction of sp³-hybridized carbons (Fsp3) is 0.294. The average Bonchev–Trinajstić information content (AvgIpc) is 3.09. The molecule has 0 fully saturated rings. The lowest BCUT2D eigenvalue weighted by molar-refractivity contribution is -0.141. The molecule has 3 N–H and O–H groups in total. The molecule has 28 heavy (non-hydrogen) atoms. The molecular formula is C17H15F3N4O4. The average molecular weight is 396 g/mol. The van der Waals surface area contributed by atoms with E-state index in [1.54, 1.807) is 0 Å². The lowest BCUT2D eigenvalue weighted by Crippen LogP contribution is -2.23. The van der Waals surface area contributed by atoms with Crippen molar-refractivity contribution in [2.24, 2.45) is 5.73 Å². The van der Waals surface area contributed by atoms with Crippen molar-refractivity contribution in [3.8, 4) is 29.2 Å². The largest absolute Gasteiger partial charge is 0.496 e. The molecule has 1 unspecified atom stereocenters. The molecule has 3 rings (SSSR count). The van der Waals surface area contributed by atoms with Crippen LogP contribution in [-0.2, 0) is 6.18 Å². The molecule has 0 saturated heterocycles. The Bertz CT molecular complexity index is 992. The number of nitrogens with one attached hydrogen (secondary N) is 1. The number of nitrogens with two attached hydrogens (primary N) is 1. The first kappa shape index (κ1) is 19.2. The number of methoxy groups -OCH3 is 3. The molecule has 1 aromatic heterocycles. The van der Waals surface area contributed by atoms with Gasteiger partial charge in [-0.25, -0.2) is 0 Å². The van der Waals surface area contributed by atoms with Gasteiger partial charge < -0.3 is 24.7 Å². The van der Waals surface area contributed by atoms with Crippen molar-refractivity contribution in [3.05, 3.63) is 40.4 Å². The summed E-state index contributed by atoms with van der Waals surface area (Å²) in [5.41, 5.74) is 4.24. The van der Waals surface area contributed by atoms with Crippen LogP contribution in [0.5, 0.6) is 23.1 Å². The molecule has 8 nitrogen and oxygen atoms in total. The van der Waals surface area contributed by atoms with E-state index < -0.39 is 17.8 Å². The molecule has 0 bridgehead atoms. The summed E-state index contributed by atoms with van der Waals surface area (Å²) in [6.07, 6.45) is -4.77. The zero-order valence-electron chi connectivity index (χ0n) is 15.0. The van der Waals surface area contributed by atoms with E-state index in [0.29, 0.717) is 5.75 Å². The van der Waals surface area contributed by atoms with Crippen LogP contribution in [0.25, 0.3) is 0 Å². The predicted octanol–water partition coefficient (Wildman–Crippen LogP) is 2.67. The summed E-state index contributed by atoms with van der Waals surface area (Å²) in [6.45, 7) is 0. The van der Waals surface area contributed by atoms with E-state index >= 15 is 0 Å². The number of aromatic nitrogens is 2. The molecule has 2 aromatic rings. The predicted molar refractivity (Wildman–Crippen MR) is 89.0 cm³/mol. The number of fused-ring (bicyclic) bond motifs is 1. The van der Waals surface area contributed by atoms with Crippen LogP contribution in [0.2, 0.25) is 0 Å². The summed E-state index contributed by atoms with van der Waals surface area (Å²) in [4.78, 5) is 0. The lowest BCUT2D eigenvalue weighted by Gasteiger charge is -2.26. The third-order valence-electron chi connectivity index (χ3n) is 4.27. The van der Waals surface area contributed by atoms with Gasteiger partial charge in [0.15, 0.2) is 11.5 Å². The van der Waals surface area contributed by atoms with Crippen LogP contribution in [0.1, 0.15) is 22.7 Å². The van der Waals surface area contributed by atoms with Crippen LogP contribution in [0.15, 0.2) is 23.6 Å². The van der Waals surface area contributed by atoms with Crippen molar-refractivity contribution < 1.29 is 32.1 Å². The van der Waals surface area contributed by atoms with Gasteiger partial charge in [0.1, 0.15) is 23.1 Å². The molecule has 1 aliphatic rings. The van der Waals surface area contributed by atoms with Crippen LogP contribution in [0, 0.1) is 11.3 Å². The number of halogens is 3. The summed E-state index contributed by atoms with van der Waals surface area (Å²) >= 11 is 0. The molecule has 2 heterocycles. The molecule has 11 heteroatoms. The number of alkyl halides is 3. The molecule has 1 atom stereocenters. The number of hydrogen-bond donors (Lipinski definition) is 2. The lowest BCUT2D eigenvalue weighted by atomic mass is 9.83. The first-order chi connectivity index (χ1) is 13.3. The van der Waals surface area contributed by atoms with Crippen molar-refractivity contribution >= 4 is 0 Å². The Balaban J connectivity index is 2.35. The van der Waals surface area contributed by atoms with E-state index in [4.69, 9.17) is 24.7 Å². The Labute approximate surface area is 157 Å². The number of nitriles is 1. The SMILES string of the molecule is COc1cc(OC)c(C2C(C#N)=C(N)Oc3n[nH]c(C(F)(F)F)c32)cc1OC. The van der Waals surface area contributed by atoms with Gasteiger partial charge in [0.05, 0.1) is 32.8 Å². The van der Waals surface area contributed by atoms with Crippen LogP contribution in [0.4, 0.5) is 13.2 Å². The number of H-pyrrole nitrogens is 1. The quantitative estimate of drug-likeness (QED) is 0.816. The molecule has 0 saturated carbocycles. The van der Waals surface area contributed by atoms with Crippen molar-refractivity contribution in [1.82, 2.24) is 10.2 Å². The molecule has 0 aliphatic carbocycles. The van der Waals surface area contributed by atoms with Crippen molar-refractivity contribution in [1.29, 1.82) is 5.26 Å².